The van der Waals surface area contributed by atoms with E-state index in [0.717, 1.165) is 23.8 Å². The van der Waals surface area contributed by atoms with Gasteiger partial charge in [-0.15, -0.1) is 10.2 Å². The quantitative estimate of drug-likeness (QED) is 0.274. The van der Waals surface area contributed by atoms with E-state index < -0.39 is 0 Å². The molecule has 0 aliphatic heterocycles. The Hall–Kier alpha value is -1.61. The van der Waals surface area contributed by atoms with E-state index in [9.17, 15) is 10.1 Å². The Morgan fingerprint density at radius 1 is 1.38 bits per heavy atom. The highest BCUT2D eigenvalue weighted by atomic mass is 79.9. The molecule has 1 aromatic carbocycles. The van der Waals surface area contributed by atoms with Crippen LogP contribution in [0.5, 0.6) is 0 Å². The third kappa shape index (κ3) is 4.37. The first-order valence-corrected chi connectivity index (χ1v) is 10.8. The first-order valence-electron chi connectivity index (χ1n) is 8.75. The fourth-order valence-corrected chi connectivity index (χ4v) is 4.34. The molecule has 1 N–H and O–H groups in total. The third-order valence-electron chi connectivity index (χ3n) is 4.66. The van der Waals surface area contributed by atoms with Crippen molar-refractivity contribution in [1.82, 2.24) is 14.8 Å². The van der Waals surface area contributed by atoms with Gasteiger partial charge in [0.2, 0.25) is 0 Å². The SMILES string of the molecule is CSc1nnc(CCCNc2ccc(Br)cc2[N+](=O)[O-])n1C1CCCC1. The maximum Gasteiger partial charge on any atom is 0.293 e. The van der Waals surface area contributed by atoms with Gasteiger partial charge >= 0.3 is 0 Å². The largest absolute Gasteiger partial charge is 0.379 e. The van der Waals surface area contributed by atoms with E-state index in [1.54, 1.807) is 23.9 Å². The normalized spacial score (nSPS) is 14.7. The lowest BCUT2D eigenvalue weighted by Crippen LogP contribution is -2.12. The molecule has 1 aromatic heterocycles. The van der Waals surface area contributed by atoms with E-state index in [2.05, 4.69) is 36.0 Å². The number of anilines is 1. The van der Waals surface area contributed by atoms with Crippen LogP contribution in [0.4, 0.5) is 11.4 Å². The molecule has 1 saturated carbocycles. The summed E-state index contributed by atoms with van der Waals surface area (Å²) >= 11 is 4.91. The minimum absolute atomic E-state index is 0.0816. The standard InChI is InChI=1S/C17H22BrN5O2S/c1-26-17-21-20-16(22(17)13-5-2-3-6-13)7-4-10-19-14-9-8-12(18)11-15(14)23(24)25/h8-9,11,13,19H,2-7,10H2,1H3. The molecule has 1 fully saturated rings. The molecule has 0 atom stereocenters. The van der Waals surface area contributed by atoms with Gasteiger partial charge in [-0.2, -0.15) is 0 Å². The number of nitro groups is 1. The lowest BCUT2D eigenvalue weighted by molar-refractivity contribution is -0.384. The summed E-state index contributed by atoms with van der Waals surface area (Å²) in [6, 6.07) is 5.57. The van der Waals surface area contributed by atoms with Crippen LogP contribution in [0.3, 0.4) is 0 Å². The molecule has 0 radical (unpaired) electrons. The summed E-state index contributed by atoms with van der Waals surface area (Å²) in [5.74, 6) is 1.02. The summed E-state index contributed by atoms with van der Waals surface area (Å²) < 4.78 is 3.00. The van der Waals surface area contributed by atoms with Crippen molar-refractivity contribution in [3.8, 4) is 0 Å². The molecule has 0 saturated heterocycles. The minimum Gasteiger partial charge on any atom is -0.379 e. The summed E-state index contributed by atoms with van der Waals surface area (Å²) in [5, 5.41) is 24.0. The number of nitro benzene ring substituents is 1. The third-order valence-corrected chi connectivity index (χ3v) is 5.79. The van der Waals surface area contributed by atoms with Crippen molar-refractivity contribution in [2.75, 3.05) is 18.1 Å². The van der Waals surface area contributed by atoms with Gasteiger partial charge in [-0.1, -0.05) is 40.5 Å². The molecule has 3 rings (SSSR count). The van der Waals surface area contributed by atoms with Crippen LogP contribution < -0.4 is 5.32 Å². The summed E-state index contributed by atoms with van der Waals surface area (Å²) in [6.07, 6.45) is 8.61. The number of halogens is 1. The van der Waals surface area contributed by atoms with E-state index in [1.165, 1.54) is 31.7 Å². The lowest BCUT2D eigenvalue weighted by atomic mass is 10.2. The first kappa shape index (κ1) is 19.2. The predicted molar refractivity (Wildman–Crippen MR) is 107 cm³/mol. The maximum absolute atomic E-state index is 11.2. The van der Waals surface area contributed by atoms with Crippen molar-refractivity contribution in [2.24, 2.45) is 0 Å². The predicted octanol–water partition coefficient (Wildman–Crippen LogP) is 4.83. The number of hydrogen-bond donors (Lipinski definition) is 1. The fraction of sp³-hybridized carbons (Fsp3) is 0.529. The van der Waals surface area contributed by atoms with Crippen LogP contribution in [0.25, 0.3) is 0 Å². The monoisotopic (exact) mass is 439 g/mol. The van der Waals surface area contributed by atoms with Crippen LogP contribution in [-0.2, 0) is 6.42 Å². The molecule has 26 heavy (non-hydrogen) atoms. The number of aryl methyl sites for hydroxylation is 1. The van der Waals surface area contributed by atoms with Gasteiger partial charge < -0.3 is 9.88 Å². The average Bonchev–Trinajstić information content (AvgIpc) is 3.28. The van der Waals surface area contributed by atoms with E-state index in [-0.39, 0.29) is 10.6 Å². The molecule has 0 spiro atoms. The second-order valence-corrected chi connectivity index (χ2v) is 8.05. The van der Waals surface area contributed by atoms with Gasteiger partial charge in [0.15, 0.2) is 5.16 Å². The molecular weight excluding hydrogens is 418 g/mol. The van der Waals surface area contributed by atoms with E-state index in [1.807, 2.05) is 6.26 Å². The van der Waals surface area contributed by atoms with Crippen LogP contribution in [-0.4, -0.2) is 32.5 Å². The van der Waals surface area contributed by atoms with E-state index >= 15 is 0 Å². The minimum atomic E-state index is -0.367. The zero-order valence-corrected chi connectivity index (χ0v) is 17.1. The second kappa shape index (κ2) is 8.85. The average molecular weight is 440 g/mol. The van der Waals surface area contributed by atoms with Crippen molar-refractivity contribution in [3.63, 3.8) is 0 Å². The molecule has 9 heteroatoms. The van der Waals surface area contributed by atoms with Gasteiger partial charge in [0.25, 0.3) is 5.69 Å². The number of hydrogen-bond acceptors (Lipinski definition) is 6. The molecule has 0 unspecified atom stereocenters. The topological polar surface area (TPSA) is 85.9 Å². The summed E-state index contributed by atoms with van der Waals surface area (Å²) in [6.45, 7) is 0.647. The zero-order valence-electron chi connectivity index (χ0n) is 14.7. The Labute approximate surface area is 165 Å². The number of aromatic nitrogens is 3. The van der Waals surface area contributed by atoms with Gasteiger partial charge in [-0.3, -0.25) is 10.1 Å². The van der Waals surface area contributed by atoms with Crippen molar-refractivity contribution < 1.29 is 4.92 Å². The molecule has 2 aromatic rings. The van der Waals surface area contributed by atoms with Crippen molar-refractivity contribution in [3.05, 3.63) is 38.6 Å². The Balaban J connectivity index is 1.61. The second-order valence-electron chi connectivity index (χ2n) is 6.36. The lowest BCUT2D eigenvalue weighted by Gasteiger charge is -2.16. The number of nitrogens with one attached hydrogen (secondary N) is 1. The van der Waals surface area contributed by atoms with Gasteiger partial charge in [-0.25, -0.2) is 0 Å². The number of thioether (sulfide) groups is 1. The van der Waals surface area contributed by atoms with Gasteiger partial charge in [0.1, 0.15) is 11.5 Å². The molecule has 1 aliphatic carbocycles. The zero-order chi connectivity index (χ0) is 18.5. The molecule has 0 bridgehead atoms. The Morgan fingerprint density at radius 3 is 2.85 bits per heavy atom. The molecule has 140 valence electrons. The highest BCUT2D eigenvalue weighted by Gasteiger charge is 2.23. The fourth-order valence-electron chi connectivity index (χ4n) is 3.42. The first-order chi connectivity index (χ1) is 12.6. The summed E-state index contributed by atoms with van der Waals surface area (Å²) in [4.78, 5) is 10.8. The van der Waals surface area contributed by atoms with Crippen molar-refractivity contribution in [1.29, 1.82) is 0 Å². The molecule has 1 heterocycles. The van der Waals surface area contributed by atoms with Gasteiger partial charge in [0, 0.05) is 29.5 Å². The maximum atomic E-state index is 11.2. The van der Waals surface area contributed by atoms with Crippen LogP contribution in [0.15, 0.2) is 27.8 Å². The number of benzene rings is 1. The molecular formula is C17H22BrN5O2S. The molecule has 7 nitrogen and oxygen atoms in total. The van der Waals surface area contributed by atoms with Crippen molar-refractivity contribution >= 4 is 39.1 Å². The Morgan fingerprint density at radius 2 is 2.15 bits per heavy atom. The van der Waals surface area contributed by atoms with Crippen LogP contribution in [0.1, 0.15) is 44.0 Å². The molecule has 1 aliphatic rings. The summed E-state index contributed by atoms with van der Waals surface area (Å²) in [7, 11) is 0. The van der Waals surface area contributed by atoms with Crippen LogP contribution in [0, 0.1) is 10.1 Å². The number of nitrogens with zero attached hydrogens (tertiary/aromatic N) is 4. The Kier molecular flexibility index (Phi) is 6.53. The summed E-state index contributed by atoms with van der Waals surface area (Å²) in [5.41, 5.74) is 0.624. The van der Waals surface area contributed by atoms with Crippen molar-refractivity contribution in [2.45, 2.75) is 49.7 Å². The Bertz CT molecular complexity index is 777. The van der Waals surface area contributed by atoms with E-state index in [4.69, 9.17) is 0 Å². The van der Waals surface area contributed by atoms with E-state index in [0.29, 0.717) is 22.7 Å². The van der Waals surface area contributed by atoms with Crippen LogP contribution in [0.2, 0.25) is 0 Å². The van der Waals surface area contributed by atoms with Crippen LogP contribution >= 0.6 is 27.7 Å². The van der Waals surface area contributed by atoms with Gasteiger partial charge in [0.05, 0.1) is 4.92 Å². The van der Waals surface area contributed by atoms with Gasteiger partial charge in [-0.05, 0) is 37.7 Å². The highest BCUT2D eigenvalue weighted by molar-refractivity contribution is 9.10. The number of rotatable bonds is 8. The smallest absolute Gasteiger partial charge is 0.293 e. The highest BCUT2D eigenvalue weighted by Crippen LogP contribution is 2.33. The molecule has 0 amide bonds.